The Hall–Kier alpha value is -2.23. The highest BCUT2D eigenvalue weighted by Gasteiger charge is 2.08. The standard InChI is InChI=1S/C14H12FNO2/c1-18-14(17)12-7-10(8-16-9-12)6-11-4-2-3-5-13(11)15/h2-5,7-9H,6H2,1H3. The summed E-state index contributed by atoms with van der Waals surface area (Å²) in [5.74, 6) is -0.709. The van der Waals surface area contributed by atoms with Gasteiger partial charge in [0, 0.05) is 18.8 Å². The van der Waals surface area contributed by atoms with E-state index in [0.29, 0.717) is 17.5 Å². The fraction of sp³-hybridized carbons (Fsp3) is 0.143. The lowest BCUT2D eigenvalue weighted by Crippen LogP contribution is -2.03. The van der Waals surface area contributed by atoms with Gasteiger partial charge in [0.05, 0.1) is 12.7 Å². The lowest BCUT2D eigenvalue weighted by atomic mass is 10.0. The maximum atomic E-state index is 13.5. The molecule has 4 heteroatoms. The highest BCUT2D eigenvalue weighted by Crippen LogP contribution is 2.13. The largest absolute Gasteiger partial charge is 0.465 e. The van der Waals surface area contributed by atoms with E-state index in [-0.39, 0.29) is 5.82 Å². The molecule has 0 saturated carbocycles. The molecule has 0 spiro atoms. The molecule has 0 N–H and O–H groups in total. The highest BCUT2D eigenvalue weighted by molar-refractivity contribution is 5.89. The minimum absolute atomic E-state index is 0.263. The first-order chi connectivity index (χ1) is 8.70. The summed E-state index contributed by atoms with van der Waals surface area (Å²) in [5.41, 5.74) is 1.70. The van der Waals surface area contributed by atoms with Crippen LogP contribution in [0.4, 0.5) is 4.39 Å². The molecular weight excluding hydrogens is 233 g/mol. The number of methoxy groups -OCH3 is 1. The number of carbonyl (C=O) groups is 1. The van der Waals surface area contributed by atoms with Crippen LogP contribution in [0, 0.1) is 5.82 Å². The summed E-state index contributed by atoms with van der Waals surface area (Å²) in [6, 6.07) is 8.19. The number of benzene rings is 1. The van der Waals surface area contributed by atoms with Gasteiger partial charge in [0.25, 0.3) is 0 Å². The third-order valence-corrected chi connectivity index (χ3v) is 2.57. The number of carbonyl (C=O) groups excluding carboxylic acids is 1. The fourth-order valence-electron chi connectivity index (χ4n) is 1.68. The second kappa shape index (κ2) is 5.40. The maximum Gasteiger partial charge on any atom is 0.339 e. The molecule has 0 unspecified atom stereocenters. The molecule has 0 bridgehead atoms. The predicted octanol–water partition coefficient (Wildman–Crippen LogP) is 2.60. The summed E-state index contributed by atoms with van der Waals surface area (Å²) in [4.78, 5) is 15.3. The predicted molar refractivity (Wildman–Crippen MR) is 64.8 cm³/mol. The summed E-state index contributed by atoms with van der Waals surface area (Å²) >= 11 is 0. The monoisotopic (exact) mass is 245 g/mol. The molecule has 0 atom stereocenters. The van der Waals surface area contributed by atoms with E-state index in [4.69, 9.17) is 0 Å². The summed E-state index contributed by atoms with van der Waals surface area (Å²) in [6.45, 7) is 0. The zero-order valence-electron chi connectivity index (χ0n) is 9.89. The zero-order chi connectivity index (χ0) is 13.0. The average Bonchev–Trinajstić information content (AvgIpc) is 2.41. The van der Waals surface area contributed by atoms with Crippen LogP contribution in [0.3, 0.4) is 0 Å². The molecule has 18 heavy (non-hydrogen) atoms. The molecule has 0 fully saturated rings. The molecule has 0 aliphatic rings. The van der Waals surface area contributed by atoms with Gasteiger partial charge in [-0.1, -0.05) is 18.2 Å². The van der Waals surface area contributed by atoms with Gasteiger partial charge in [0.1, 0.15) is 5.82 Å². The maximum absolute atomic E-state index is 13.5. The summed E-state index contributed by atoms with van der Waals surface area (Å²) < 4.78 is 18.1. The van der Waals surface area contributed by atoms with E-state index in [2.05, 4.69) is 9.72 Å². The third-order valence-electron chi connectivity index (χ3n) is 2.57. The van der Waals surface area contributed by atoms with Gasteiger partial charge in [-0.15, -0.1) is 0 Å². The van der Waals surface area contributed by atoms with Crippen molar-refractivity contribution in [3.8, 4) is 0 Å². The Labute approximate surface area is 104 Å². The molecule has 0 aliphatic heterocycles. The van der Waals surface area contributed by atoms with E-state index in [0.717, 1.165) is 5.56 Å². The Morgan fingerprint density at radius 3 is 2.83 bits per heavy atom. The number of esters is 1. The van der Waals surface area contributed by atoms with Crippen molar-refractivity contribution in [1.82, 2.24) is 4.98 Å². The van der Waals surface area contributed by atoms with E-state index >= 15 is 0 Å². The van der Waals surface area contributed by atoms with Crippen molar-refractivity contribution in [2.45, 2.75) is 6.42 Å². The third kappa shape index (κ3) is 2.71. The minimum Gasteiger partial charge on any atom is -0.465 e. The summed E-state index contributed by atoms with van der Waals surface area (Å²) in [7, 11) is 1.31. The van der Waals surface area contributed by atoms with E-state index in [1.807, 2.05) is 0 Å². The van der Waals surface area contributed by atoms with Crippen LogP contribution in [0.15, 0.2) is 42.7 Å². The molecule has 1 aromatic heterocycles. The van der Waals surface area contributed by atoms with Gasteiger partial charge >= 0.3 is 5.97 Å². The number of hydrogen-bond donors (Lipinski definition) is 0. The van der Waals surface area contributed by atoms with Gasteiger partial charge in [0.2, 0.25) is 0 Å². The molecule has 2 rings (SSSR count). The minimum atomic E-state index is -0.446. The molecule has 0 amide bonds. The molecule has 2 aromatic rings. The van der Waals surface area contributed by atoms with Crippen LogP contribution in [-0.4, -0.2) is 18.1 Å². The number of ether oxygens (including phenoxy) is 1. The Morgan fingerprint density at radius 1 is 1.33 bits per heavy atom. The number of aromatic nitrogens is 1. The van der Waals surface area contributed by atoms with Crippen molar-refractivity contribution in [2.75, 3.05) is 7.11 Å². The summed E-state index contributed by atoms with van der Waals surface area (Å²) in [6.07, 6.45) is 3.43. The molecule has 0 saturated heterocycles. The van der Waals surface area contributed by atoms with Crippen molar-refractivity contribution >= 4 is 5.97 Å². The average molecular weight is 245 g/mol. The van der Waals surface area contributed by atoms with Gasteiger partial charge < -0.3 is 4.74 Å². The Bertz CT molecular complexity index is 569. The van der Waals surface area contributed by atoms with Crippen molar-refractivity contribution < 1.29 is 13.9 Å². The van der Waals surface area contributed by atoms with Crippen molar-refractivity contribution in [1.29, 1.82) is 0 Å². The first-order valence-corrected chi connectivity index (χ1v) is 5.46. The number of rotatable bonds is 3. The SMILES string of the molecule is COC(=O)c1cncc(Cc2ccccc2F)c1. The van der Waals surface area contributed by atoms with E-state index in [1.165, 1.54) is 19.4 Å². The molecule has 1 aromatic carbocycles. The van der Waals surface area contributed by atoms with E-state index < -0.39 is 5.97 Å². The topological polar surface area (TPSA) is 39.2 Å². The van der Waals surface area contributed by atoms with Gasteiger partial charge in [-0.25, -0.2) is 9.18 Å². The first kappa shape index (κ1) is 12.2. The van der Waals surface area contributed by atoms with Crippen LogP contribution in [0.5, 0.6) is 0 Å². The van der Waals surface area contributed by atoms with Crippen molar-refractivity contribution in [2.24, 2.45) is 0 Å². The number of halogens is 1. The lowest BCUT2D eigenvalue weighted by molar-refractivity contribution is 0.0600. The Morgan fingerprint density at radius 2 is 2.11 bits per heavy atom. The summed E-state index contributed by atoms with van der Waals surface area (Å²) in [5, 5.41) is 0. The molecule has 0 aliphatic carbocycles. The molecule has 0 radical (unpaired) electrons. The van der Waals surface area contributed by atoms with Crippen LogP contribution in [0.2, 0.25) is 0 Å². The number of nitrogens with zero attached hydrogens (tertiary/aromatic N) is 1. The molecule has 92 valence electrons. The quantitative estimate of drug-likeness (QED) is 0.780. The highest BCUT2D eigenvalue weighted by atomic mass is 19.1. The van der Waals surface area contributed by atoms with Crippen LogP contribution in [0.1, 0.15) is 21.5 Å². The van der Waals surface area contributed by atoms with Gasteiger partial charge in [-0.2, -0.15) is 0 Å². The molecule has 1 heterocycles. The van der Waals surface area contributed by atoms with Crippen LogP contribution in [-0.2, 0) is 11.2 Å². The van der Waals surface area contributed by atoms with E-state index in [9.17, 15) is 9.18 Å². The van der Waals surface area contributed by atoms with Crippen molar-refractivity contribution in [3.05, 3.63) is 65.2 Å². The van der Waals surface area contributed by atoms with Gasteiger partial charge in [-0.3, -0.25) is 4.98 Å². The van der Waals surface area contributed by atoms with Crippen LogP contribution >= 0.6 is 0 Å². The van der Waals surface area contributed by atoms with Gasteiger partial charge in [0.15, 0.2) is 0 Å². The van der Waals surface area contributed by atoms with E-state index in [1.54, 1.807) is 30.5 Å². The molecular formula is C14H12FNO2. The first-order valence-electron chi connectivity index (χ1n) is 5.46. The second-order valence-corrected chi connectivity index (χ2v) is 3.84. The zero-order valence-corrected chi connectivity index (χ0v) is 9.89. The molecule has 3 nitrogen and oxygen atoms in total. The Balaban J connectivity index is 2.25. The van der Waals surface area contributed by atoms with Gasteiger partial charge in [-0.05, 0) is 23.3 Å². The number of pyridine rings is 1. The van der Waals surface area contributed by atoms with Crippen LogP contribution < -0.4 is 0 Å². The number of hydrogen-bond acceptors (Lipinski definition) is 3. The second-order valence-electron chi connectivity index (χ2n) is 3.84. The smallest absolute Gasteiger partial charge is 0.339 e. The lowest BCUT2D eigenvalue weighted by Gasteiger charge is -2.04. The fourth-order valence-corrected chi connectivity index (χ4v) is 1.68. The Kier molecular flexibility index (Phi) is 3.67. The van der Waals surface area contributed by atoms with Crippen LogP contribution in [0.25, 0.3) is 0 Å². The van der Waals surface area contributed by atoms with Crippen molar-refractivity contribution in [3.63, 3.8) is 0 Å². The normalized spacial score (nSPS) is 10.1.